The zero-order chi connectivity index (χ0) is 10.4. The van der Waals surface area contributed by atoms with Crippen molar-refractivity contribution >= 4 is 5.78 Å². The van der Waals surface area contributed by atoms with Crippen LogP contribution in [0.4, 0.5) is 0 Å². The van der Waals surface area contributed by atoms with Gasteiger partial charge < -0.3 is 0 Å². The first-order valence-electron chi connectivity index (χ1n) is 6.28. The molecule has 1 fully saturated rings. The molecule has 2 atom stereocenters. The van der Waals surface area contributed by atoms with Crippen LogP contribution in [0.1, 0.15) is 65.2 Å². The molecule has 1 rings (SSSR count). The van der Waals surface area contributed by atoms with Crippen molar-refractivity contribution in [2.75, 3.05) is 0 Å². The average molecular weight is 196 g/mol. The molecule has 0 radical (unpaired) electrons. The molecule has 0 aromatic carbocycles. The Bertz CT molecular complexity index is 174. The summed E-state index contributed by atoms with van der Waals surface area (Å²) in [6.45, 7) is 4.45. The SMILES string of the molecule is CCCCCCC(=O)C1CCCC1C. The van der Waals surface area contributed by atoms with Crippen LogP contribution in [0.2, 0.25) is 0 Å². The summed E-state index contributed by atoms with van der Waals surface area (Å²) in [6, 6.07) is 0. The van der Waals surface area contributed by atoms with Gasteiger partial charge in [-0.2, -0.15) is 0 Å². The lowest BCUT2D eigenvalue weighted by molar-refractivity contribution is -0.123. The van der Waals surface area contributed by atoms with Crippen molar-refractivity contribution < 1.29 is 4.79 Å². The molecule has 0 heterocycles. The molecule has 1 saturated carbocycles. The van der Waals surface area contributed by atoms with Crippen LogP contribution in [0.15, 0.2) is 0 Å². The van der Waals surface area contributed by atoms with Crippen molar-refractivity contribution in [3.8, 4) is 0 Å². The number of hydrogen-bond acceptors (Lipinski definition) is 1. The van der Waals surface area contributed by atoms with Gasteiger partial charge in [-0.3, -0.25) is 4.79 Å². The molecule has 1 aliphatic rings. The van der Waals surface area contributed by atoms with E-state index in [0.717, 1.165) is 19.3 Å². The molecule has 1 heteroatoms. The predicted molar refractivity (Wildman–Crippen MR) is 60.3 cm³/mol. The lowest BCUT2D eigenvalue weighted by atomic mass is 9.91. The third-order valence-corrected chi connectivity index (χ3v) is 3.55. The number of Topliss-reactive ketones (excluding diaryl/α,β-unsaturated/α-hetero) is 1. The molecule has 1 nitrogen and oxygen atoms in total. The lowest BCUT2D eigenvalue weighted by Crippen LogP contribution is -2.16. The number of ketones is 1. The molecular formula is C13H24O. The van der Waals surface area contributed by atoms with E-state index in [-0.39, 0.29) is 0 Å². The van der Waals surface area contributed by atoms with Gasteiger partial charge in [0.05, 0.1) is 0 Å². The van der Waals surface area contributed by atoms with Crippen LogP contribution in [0, 0.1) is 11.8 Å². The summed E-state index contributed by atoms with van der Waals surface area (Å²) in [5.74, 6) is 1.62. The molecular weight excluding hydrogens is 172 g/mol. The van der Waals surface area contributed by atoms with Gasteiger partial charge in [0.15, 0.2) is 0 Å². The molecule has 14 heavy (non-hydrogen) atoms. The van der Waals surface area contributed by atoms with Crippen molar-refractivity contribution in [2.45, 2.75) is 65.2 Å². The highest BCUT2D eigenvalue weighted by Crippen LogP contribution is 2.32. The Labute approximate surface area is 88.3 Å². The van der Waals surface area contributed by atoms with Crippen LogP contribution in [0.5, 0.6) is 0 Å². The normalized spacial score (nSPS) is 26.7. The van der Waals surface area contributed by atoms with E-state index in [1.807, 2.05) is 0 Å². The fourth-order valence-electron chi connectivity index (χ4n) is 2.54. The minimum Gasteiger partial charge on any atom is -0.299 e. The quantitative estimate of drug-likeness (QED) is 0.588. The third kappa shape index (κ3) is 3.43. The molecule has 0 aliphatic heterocycles. The maximum Gasteiger partial charge on any atom is 0.136 e. The van der Waals surface area contributed by atoms with Crippen molar-refractivity contribution in [3.05, 3.63) is 0 Å². The Kier molecular flexibility index (Phi) is 5.21. The van der Waals surface area contributed by atoms with Crippen molar-refractivity contribution in [1.82, 2.24) is 0 Å². The summed E-state index contributed by atoms with van der Waals surface area (Å²) in [7, 11) is 0. The largest absolute Gasteiger partial charge is 0.299 e. The van der Waals surface area contributed by atoms with Crippen molar-refractivity contribution in [1.29, 1.82) is 0 Å². The molecule has 0 spiro atoms. The Balaban J connectivity index is 2.14. The van der Waals surface area contributed by atoms with Crippen molar-refractivity contribution in [2.24, 2.45) is 11.8 Å². The van der Waals surface area contributed by atoms with E-state index in [0.29, 0.717) is 17.6 Å². The Morgan fingerprint density at radius 3 is 2.57 bits per heavy atom. The van der Waals surface area contributed by atoms with Crippen molar-refractivity contribution in [3.63, 3.8) is 0 Å². The van der Waals surface area contributed by atoms with Gasteiger partial charge in [-0.05, 0) is 25.2 Å². The van der Waals surface area contributed by atoms with E-state index in [4.69, 9.17) is 0 Å². The second-order valence-corrected chi connectivity index (χ2v) is 4.79. The van der Waals surface area contributed by atoms with E-state index in [1.54, 1.807) is 0 Å². The van der Waals surface area contributed by atoms with Gasteiger partial charge in [-0.25, -0.2) is 0 Å². The highest BCUT2D eigenvalue weighted by Gasteiger charge is 2.28. The fourth-order valence-corrected chi connectivity index (χ4v) is 2.54. The van der Waals surface area contributed by atoms with Gasteiger partial charge in [-0.1, -0.05) is 39.5 Å². The standard InChI is InChI=1S/C13H24O/c1-3-4-5-6-10-13(14)12-9-7-8-11(12)2/h11-12H,3-10H2,1-2H3. The van der Waals surface area contributed by atoms with E-state index < -0.39 is 0 Å². The second kappa shape index (κ2) is 6.21. The highest BCUT2D eigenvalue weighted by atomic mass is 16.1. The summed E-state index contributed by atoms with van der Waals surface area (Å²) in [5, 5.41) is 0. The maximum atomic E-state index is 11.8. The van der Waals surface area contributed by atoms with Gasteiger partial charge >= 0.3 is 0 Å². The molecule has 0 aromatic rings. The maximum absolute atomic E-state index is 11.8. The smallest absolute Gasteiger partial charge is 0.136 e. The first-order valence-corrected chi connectivity index (χ1v) is 6.28. The first kappa shape index (κ1) is 11.7. The molecule has 2 unspecified atom stereocenters. The minimum atomic E-state index is 0.414. The van der Waals surface area contributed by atoms with Crippen LogP contribution >= 0.6 is 0 Å². The van der Waals surface area contributed by atoms with Gasteiger partial charge in [-0.15, -0.1) is 0 Å². The summed E-state index contributed by atoms with van der Waals surface area (Å²) >= 11 is 0. The highest BCUT2D eigenvalue weighted by molar-refractivity contribution is 5.81. The molecule has 0 bridgehead atoms. The van der Waals surface area contributed by atoms with Gasteiger partial charge in [0.25, 0.3) is 0 Å². The van der Waals surface area contributed by atoms with Gasteiger partial charge in [0, 0.05) is 12.3 Å². The van der Waals surface area contributed by atoms with Gasteiger partial charge in [0.2, 0.25) is 0 Å². The Morgan fingerprint density at radius 2 is 2.00 bits per heavy atom. The van der Waals surface area contributed by atoms with Crippen LogP contribution in [-0.2, 0) is 4.79 Å². The zero-order valence-electron chi connectivity index (χ0n) is 9.72. The molecule has 0 aromatic heterocycles. The van der Waals surface area contributed by atoms with Crippen LogP contribution in [-0.4, -0.2) is 5.78 Å². The second-order valence-electron chi connectivity index (χ2n) is 4.79. The number of carbonyl (C=O) groups excluding carboxylic acids is 1. The van der Waals surface area contributed by atoms with E-state index in [2.05, 4.69) is 13.8 Å². The number of rotatable bonds is 6. The predicted octanol–water partition coefficient (Wildman–Crippen LogP) is 3.96. The summed E-state index contributed by atoms with van der Waals surface area (Å²) in [4.78, 5) is 11.8. The average Bonchev–Trinajstić information content (AvgIpc) is 2.59. The lowest BCUT2D eigenvalue weighted by Gasteiger charge is -2.13. The first-order chi connectivity index (χ1) is 6.75. The van der Waals surface area contributed by atoms with E-state index in [1.165, 1.54) is 32.1 Å². The summed E-state index contributed by atoms with van der Waals surface area (Å²) < 4.78 is 0. The number of carbonyl (C=O) groups is 1. The fraction of sp³-hybridized carbons (Fsp3) is 0.923. The Hall–Kier alpha value is -0.330. The molecule has 82 valence electrons. The molecule has 0 saturated heterocycles. The third-order valence-electron chi connectivity index (χ3n) is 3.55. The van der Waals surface area contributed by atoms with Crippen LogP contribution in [0.25, 0.3) is 0 Å². The molecule has 0 N–H and O–H groups in total. The Morgan fingerprint density at radius 1 is 1.21 bits per heavy atom. The van der Waals surface area contributed by atoms with Crippen LogP contribution in [0.3, 0.4) is 0 Å². The molecule has 0 amide bonds. The minimum absolute atomic E-state index is 0.414. The van der Waals surface area contributed by atoms with E-state index in [9.17, 15) is 4.79 Å². The van der Waals surface area contributed by atoms with Crippen LogP contribution < -0.4 is 0 Å². The summed E-state index contributed by atoms with van der Waals surface area (Å²) in [5.41, 5.74) is 0. The summed E-state index contributed by atoms with van der Waals surface area (Å²) in [6.07, 6.45) is 9.45. The zero-order valence-corrected chi connectivity index (χ0v) is 9.72. The number of unbranched alkanes of at least 4 members (excludes halogenated alkanes) is 3. The number of hydrogen-bond donors (Lipinski definition) is 0. The topological polar surface area (TPSA) is 17.1 Å². The monoisotopic (exact) mass is 196 g/mol. The van der Waals surface area contributed by atoms with Gasteiger partial charge in [0.1, 0.15) is 5.78 Å². The van der Waals surface area contributed by atoms with E-state index >= 15 is 0 Å². The molecule has 1 aliphatic carbocycles.